The van der Waals surface area contributed by atoms with Crippen LogP contribution in [-0.2, 0) is 0 Å². The van der Waals surface area contributed by atoms with Crippen molar-refractivity contribution in [2.75, 3.05) is 16.8 Å². The molecule has 1 heterocycles. The lowest BCUT2D eigenvalue weighted by Crippen LogP contribution is -2.19. The van der Waals surface area contributed by atoms with E-state index >= 15 is 0 Å². The maximum absolute atomic E-state index is 9.73. The molecule has 0 spiro atoms. The Hall–Kier alpha value is -0.850. The summed E-state index contributed by atoms with van der Waals surface area (Å²) in [5.41, 5.74) is 11.7. The summed E-state index contributed by atoms with van der Waals surface area (Å²) in [6, 6.07) is 1.52. The van der Waals surface area contributed by atoms with Gasteiger partial charge in [-0.3, -0.25) is 0 Å². The van der Waals surface area contributed by atoms with Crippen LogP contribution >= 0.6 is 15.9 Å². The third-order valence-corrected chi connectivity index (χ3v) is 2.54. The topological polar surface area (TPSA) is 105 Å². The summed E-state index contributed by atoms with van der Waals surface area (Å²) < 4.78 is 0. The predicted octanol–water partition coefficient (Wildman–Crippen LogP) is 0.425. The predicted molar refractivity (Wildman–Crippen MR) is 62.4 cm³/mol. The Labute approximate surface area is 96.2 Å². The monoisotopic (exact) mass is 275 g/mol. The summed E-state index contributed by atoms with van der Waals surface area (Å²) in [7, 11) is 0. The molecule has 0 fully saturated rings. The number of nitrogens with two attached hydrogens (primary N) is 2. The number of pyridine rings is 1. The van der Waals surface area contributed by atoms with Gasteiger partial charge in [-0.05, 0) is 12.5 Å². The highest BCUT2D eigenvalue weighted by Gasteiger charge is 2.18. The van der Waals surface area contributed by atoms with Crippen molar-refractivity contribution in [2.45, 2.75) is 18.6 Å². The van der Waals surface area contributed by atoms with Gasteiger partial charge in [0, 0.05) is 17.1 Å². The summed E-state index contributed by atoms with van der Waals surface area (Å²) in [5.74, 6) is 0.223. The number of aliphatic hydroxyl groups excluding tert-OH is 2. The van der Waals surface area contributed by atoms with Crippen LogP contribution in [0.1, 0.15) is 18.1 Å². The molecule has 0 saturated carbocycles. The zero-order valence-corrected chi connectivity index (χ0v) is 9.68. The van der Waals surface area contributed by atoms with Gasteiger partial charge < -0.3 is 21.7 Å². The van der Waals surface area contributed by atoms with Crippen molar-refractivity contribution in [3.63, 3.8) is 0 Å². The van der Waals surface area contributed by atoms with E-state index in [0.717, 1.165) is 0 Å². The quantitative estimate of drug-likeness (QED) is 0.597. The van der Waals surface area contributed by atoms with Gasteiger partial charge in [-0.25, -0.2) is 4.98 Å². The second-order valence-electron chi connectivity index (χ2n) is 3.23. The number of hydrogen-bond donors (Lipinski definition) is 4. The molecule has 15 heavy (non-hydrogen) atoms. The first-order valence-electron chi connectivity index (χ1n) is 4.49. The summed E-state index contributed by atoms with van der Waals surface area (Å²) in [6.07, 6.45) is 0.0337. The van der Waals surface area contributed by atoms with Crippen molar-refractivity contribution in [2.24, 2.45) is 0 Å². The van der Waals surface area contributed by atoms with E-state index in [9.17, 15) is 10.2 Å². The largest absolute Gasteiger partial charge is 0.396 e. The van der Waals surface area contributed by atoms with Crippen LogP contribution in [0.3, 0.4) is 0 Å². The molecule has 0 aliphatic heterocycles. The molecule has 0 radical (unpaired) electrons. The molecule has 0 bridgehead atoms. The van der Waals surface area contributed by atoms with Crippen molar-refractivity contribution >= 4 is 27.4 Å². The normalized spacial score (nSPS) is 14.9. The van der Waals surface area contributed by atoms with E-state index in [1.54, 1.807) is 0 Å². The van der Waals surface area contributed by atoms with E-state index in [-0.39, 0.29) is 5.82 Å². The van der Waals surface area contributed by atoms with E-state index in [0.29, 0.717) is 23.0 Å². The van der Waals surface area contributed by atoms with Gasteiger partial charge >= 0.3 is 0 Å². The maximum atomic E-state index is 9.73. The van der Waals surface area contributed by atoms with Gasteiger partial charge in [0.1, 0.15) is 11.9 Å². The molecule has 0 aliphatic carbocycles. The molecule has 2 atom stereocenters. The van der Waals surface area contributed by atoms with Gasteiger partial charge in [0.05, 0.1) is 11.8 Å². The number of aliphatic hydroxyl groups is 2. The second kappa shape index (κ2) is 5.29. The number of alkyl halides is 1. The molecular formula is C9H14BrN3O2. The summed E-state index contributed by atoms with van der Waals surface area (Å²) >= 11 is 3.19. The van der Waals surface area contributed by atoms with Crippen LogP contribution in [-0.4, -0.2) is 26.6 Å². The third kappa shape index (κ3) is 3.05. The van der Waals surface area contributed by atoms with Gasteiger partial charge in [-0.15, -0.1) is 0 Å². The molecule has 84 valence electrons. The fraction of sp³-hybridized carbons (Fsp3) is 0.444. The second-order valence-corrected chi connectivity index (χ2v) is 4.03. The minimum atomic E-state index is -0.988. The summed E-state index contributed by atoms with van der Waals surface area (Å²) in [6.45, 7) is 0. The van der Waals surface area contributed by atoms with Crippen molar-refractivity contribution in [1.29, 1.82) is 0 Å². The van der Waals surface area contributed by atoms with Crippen molar-refractivity contribution in [3.8, 4) is 0 Å². The average Bonchev–Trinajstić information content (AvgIpc) is 2.21. The Morgan fingerprint density at radius 3 is 2.60 bits per heavy atom. The minimum absolute atomic E-state index is 0.223. The lowest BCUT2D eigenvalue weighted by Gasteiger charge is -2.17. The third-order valence-electron chi connectivity index (χ3n) is 2.08. The highest BCUT2D eigenvalue weighted by atomic mass is 79.9. The smallest absolute Gasteiger partial charge is 0.146 e. The van der Waals surface area contributed by atoms with E-state index in [1.165, 1.54) is 12.3 Å². The number of nitrogen functional groups attached to an aromatic ring is 2. The number of halogens is 1. The van der Waals surface area contributed by atoms with Gasteiger partial charge in [0.25, 0.3) is 0 Å². The van der Waals surface area contributed by atoms with Crippen LogP contribution in [0.4, 0.5) is 11.5 Å². The minimum Gasteiger partial charge on any atom is -0.396 e. The van der Waals surface area contributed by atoms with Gasteiger partial charge in [-0.2, -0.15) is 0 Å². The van der Waals surface area contributed by atoms with E-state index in [4.69, 9.17) is 11.5 Å². The average molecular weight is 276 g/mol. The van der Waals surface area contributed by atoms with Crippen LogP contribution in [0.15, 0.2) is 12.3 Å². The first-order chi connectivity index (χ1) is 7.06. The number of rotatable bonds is 4. The molecule has 6 heteroatoms. The van der Waals surface area contributed by atoms with E-state index in [1.807, 2.05) is 0 Å². The highest BCUT2D eigenvalue weighted by Crippen LogP contribution is 2.22. The SMILES string of the molecule is Nc1cc(C(O)C(O)CCBr)cnc1N. The molecule has 0 saturated heterocycles. The standard InChI is InChI=1S/C9H14BrN3O2/c10-2-1-7(14)8(15)5-3-6(11)9(12)13-4-5/h3-4,7-8,14-15H,1-2,11H2,(H2,12,13). The zero-order chi connectivity index (χ0) is 11.4. The lowest BCUT2D eigenvalue weighted by molar-refractivity contribution is 0.0172. The molecule has 0 amide bonds. The summed E-state index contributed by atoms with van der Waals surface area (Å²) in [5, 5.41) is 19.9. The van der Waals surface area contributed by atoms with E-state index in [2.05, 4.69) is 20.9 Å². The van der Waals surface area contributed by atoms with Crippen LogP contribution < -0.4 is 11.5 Å². The Bertz CT molecular complexity index is 335. The number of hydrogen-bond acceptors (Lipinski definition) is 5. The fourth-order valence-corrected chi connectivity index (χ4v) is 1.63. The molecule has 0 aliphatic rings. The molecule has 2 unspecified atom stereocenters. The first-order valence-corrected chi connectivity index (χ1v) is 5.61. The van der Waals surface area contributed by atoms with Crippen LogP contribution in [0.2, 0.25) is 0 Å². The maximum Gasteiger partial charge on any atom is 0.146 e. The molecule has 1 aromatic rings. The Morgan fingerprint density at radius 1 is 1.40 bits per heavy atom. The highest BCUT2D eigenvalue weighted by molar-refractivity contribution is 9.09. The van der Waals surface area contributed by atoms with Gasteiger partial charge in [-0.1, -0.05) is 15.9 Å². The molecule has 1 rings (SSSR count). The van der Waals surface area contributed by atoms with Crippen LogP contribution in [0.5, 0.6) is 0 Å². The summed E-state index contributed by atoms with van der Waals surface area (Å²) in [4.78, 5) is 3.81. The number of anilines is 2. The van der Waals surface area contributed by atoms with Crippen LogP contribution in [0, 0.1) is 0 Å². The zero-order valence-electron chi connectivity index (χ0n) is 8.10. The van der Waals surface area contributed by atoms with E-state index < -0.39 is 12.2 Å². The molecule has 1 aromatic heterocycles. The molecule has 5 nitrogen and oxygen atoms in total. The van der Waals surface area contributed by atoms with Gasteiger partial charge in [0.15, 0.2) is 0 Å². The Balaban J connectivity index is 2.81. The molecular weight excluding hydrogens is 262 g/mol. The molecule has 0 aromatic carbocycles. The fourth-order valence-electron chi connectivity index (χ4n) is 1.16. The first kappa shape index (κ1) is 12.2. The lowest BCUT2D eigenvalue weighted by atomic mass is 10.0. The van der Waals surface area contributed by atoms with Crippen molar-refractivity contribution in [1.82, 2.24) is 4.98 Å². The van der Waals surface area contributed by atoms with Gasteiger partial charge in [0.2, 0.25) is 0 Å². The number of aromatic nitrogens is 1. The van der Waals surface area contributed by atoms with Crippen LogP contribution in [0.25, 0.3) is 0 Å². The van der Waals surface area contributed by atoms with Crippen molar-refractivity contribution in [3.05, 3.63) is 17.8 Å². The van der Waals surface area contributed by atoms with Crippen molar-refractivity contribution < 1.29 is 10.2 Å². The number of nitrogens with zero attached hydrogens (tertiary/aromatic N) is 1. The Kier molecular flexibility index (Phi) is 4.31. The Morgan fingerprint density at radius 2 is 2.07 bits per heavy atom. The molecule has 6 N–H and O–H groups in total.